The number of ether oxygens (including phenoxy) is 1. The van der Waals surface area contributed by atoms with Crippen molar-refractivity contribution in [2.24, 2.45) is 5.92 Å². The van der Waals surface area contributed by atoms with Crippen LogP contribution in [0.4, 0.5) is 16.0 Å². The summed E-state index contributed by atoms with van der Waals surface area (Å²) >= 11 is 0. The molecule has 4 nitrogen and oxygen atoms in total. The van der Waals surface area contributed by atoms with E-state index in [2.05, 4.69) is 24.1 Å². The minimum Gasteiger partial charge on any atom is -0.494 e. The molecule has 2 rings (SSSR count). The summed E-state index contributed by atoms with van der Waals surface area (Å²) in [5, 5.41) is 3.16. The highest BCUT2D eigenvalue weighted by Crippen LogP contribution is 2.24. The molecule has 0 saturated heterocycles. The number of anilines is 2. The Labute approximate surface area is 112 Å². The topological polar surface area (TPSA) is 39.1 Å². The van der Waals surface area contributed by atoms with E-state index in [4.69, 9.17) is 4.74 Å². The molecule has 0 spiro atoms. The van der Waals surface area contributed by atoms with Gasteiger partial charge in [-0.15, -0.1) is 0 Å². The first-order chi connectivity index (χ1) is 9.10. The lowest BCUT2D eigenvalue weighted by Gasteiger charge is -2.12. The zero-order chi connectivity index (χ0) is 13.8. The van der Waals surface area contributed by atoms with Gasteiger partial charge in [-0.05, 0) is 18.1 Å². The second-order valence-electron chi connectivity index (χ2n) is 4.77. The summed E-state index contributed by atoms with van der Waals surface area (Å²) < 4.78 is 20.3. The third kappa shape index (κ3) is 3.24. The number of hydrogen-bond donors (Lipinski definition) is 1. The van der Waals surface area contributed by atoms with E-state index in [0.717, 1.165) is 18.2 Å². The van der Waals surface area contributed by atoms with Crippen molar-refractivity contribution in [2.75, 3.05) is 12.4 Å². The van der Waals surface area contributed by atoms with Gasteiger partial charge < -0.3 is 14.6 Å². The van der Waals surface area contributed by atoms with E-state index in [9.17, 15) is 4.39 Å². The molecule has 0 atom stereocenters. The first-order valence-corrected chi connectivity index (χ1v) is 6.22. The number of aromatic nitrogens is 2. The Kier molecular flexibility index (Phi) is 4.04. The monoisotopic (exact) mass is 263 g/mol. The van der Waals surface area contributed by atoms with Gasteiger partial charge in [0.25, 0.3) is 0 Å². The Morgan fingerprint density at radius 1 is 1.42 bits per heavy atom. The van der Waals surface area contributed by atoms with Gasteiger partial charge in [0, 0.05) is 30.7 Å². The summed E-state index contributed by atoms with van der Waals surface area (Å²) in [6.07, 6.45) is 3.66. The van der Waals surface area contributed by atoms with Gasteiger partial charge in [0.15, 0.2) is 11.6 Å². The summed E-state index contributed by atoms with van der Waals surface area (Å²) in [5.41, 5.74) is 0.745. The van der Waals surface area contributed by atoms with Crippen LogP contribution in [-0.4, -0.2) is 16.7 Å². The standard InChI is InChI=1S/C14H18FN3O/c1-10(2)9-18-7-6-16-14(18)17-11-4-5-12(15)13(8-11)19-3/h4-8,10H,9H2,1-3H3,(H,16,17). The van der Waals surface area contributed by atoms with Crippen LogP contribution in [0.3, 0.4) is 0 Å². The molecule has 1 N–H and O–H groups in total. The van der Waals surface area contributed by atoms with E-state index in [-0.39, 0.29) is 11.6 Å². The maximum Gasteiger partial charge on any atom is 0.207 e. The number of benzene rings is 1. The zero-order valence-corrected chi connectivity index (χ0v) is 11.4. The molecule has 0 amide bonds. The van der Waals surface area contributed by atoms with Crippen LogP contribution in [-0.2, 0) is 6.54 Å². The fourth-order valence-electron chi connectivity index (χ4n) is 1.84. The van der Waals surface area contributed by atoms with Crippen molar-refractivity contribution in [1.82, 2.24) is 9.55 Å². The first-order valence-electron chi connectivity index (χ1n) is 6.22. The molecule has 2 aromatic rings. The van der Waals surface area contributed by atoms with Crippen molar-refractivity contribution in [3.05, 3.63) is 36.4 Å². The number of nitrogens with zero attached hydrogens (tertiary/aromatic N) is 2. The van der Waals surface area contributed by atoms with Crippen molar-refractivity contribution in [1.29, 1.82) is 0 Å². The Hall–Kier alpha value is -2.04. The summed E-state index contributed by atoms with van der Waals surface area (Å²) in [6, 6.07) is 4.65. The lowest BCUT2D eigenvalue weighted by atomic mass is 10.2. The highest BCUT2D eigenvalue weighted by molar-refractivity contribution is 5.56. The third-order valence-corrected chi connectivity index (χ3v) is 2.68. The minimum absolute atomic E-state index is 0.215. The van der Waals surface area contributed by atoms with Gasteiger partial charge in [-0.3, -0.25) is 0 Å². The van der Waals surface area contributed by atoms with E-state index in [1.165, 1.54) is 13.2 Å². The molecule has 0 radical (unpaired) electrons. The molecule has 5 heteroatoms. The Balaban J connectivity index is 2.19. The largest absolute Gasteiger partial charge is 0.494 e. The Morgan fingerprint density at radius 2 is 2.21 bits per heavy atom. The van der Waals surface area contributed by atoms with E-state index in [1.54, 1.807) is 18.3 Å². The average Bonchev–Trinajstić information content (AvgIpc) is 2.78. The lowest BCUT2D eigenvalue weighted by molar-refractivity contribution is 0.387. The maximum atomic E-state index is 13.3. The van der Waals surface area contributed by atoms with Crippen LogP contribution < -0.4 is 10.1 Å². The minimum atomic E-state index is -0.376. The quantitative estimate of drug-likeness (QED) is 0.898. The van der Waals surface area contributed by atoms with Crippen LogP contribution in [0.25, 0.3) is 0 Å². The molecule has 0 aliphatic rings. The van der Waals surface area contributed by atoms with Gasteiger partial charge >= 0.3 is 0 Å². The van der Waals surface area contributed by atoms with Crippen molar-refractivity contribution < 1.29 is 9.13 Å². The highest BCUT2D eigenvalue weighted by Gasteiger charge is 2.07. The number of hydrogen-bond acceptors (Lipinski definition) is 3. The summed E-state index contributed by atoms with van der Waals surface area (Å²) in [7, 11) is 1.45. The number of rotatable bonds is 5. The molecule has 1 heterocycles. The molecule has 0 bridgehead atoms. The molecule has 1 aromatic heterocycles. The fourth-order valence-corrected chi connectivity index (χ4v) is 1.84. The average molecular weight is 263 g/mol. The van der Waals surface area contributed by atoms with Gasteiger partial charge in [-0.1, -0.05) is 13.8 Å². The fraction of sp³-hybridized carbons (Fsp3) is 0.357. The highest BCUT2D eigenvalue weighted by atomic mass is 19.1. The van der Waals surface area contributed by atoms with Gasteiger partial charge in [-0.2, -0.15) is 0 Å². The van der Waals surface area contributed by atoms with Crippen LogP contribution in [0.5, 0.6) is 5.75 Å². The number of nitrogens with one attached hydrogen (secondary N) is 1. The molecule has 102 valence electrons. The predicted molar refractivity (Wildman–Crippen MR) is 73.3 cm³/mol. The molecular weight excluding hydrogens is 245 g/mol. The number of methoxy groups -OCH3 is 1. The molecule has 19 heavy (non-hydrogen) atoms. The molecular formula is C14H18FN3O. The second kappa shape index (κ2) is 5.73. The van der Waals surface area contributed by atoms with E-state index in [0.29, 0.717) is 5.92 Å². The van der Waals surface area contributed by atoms with E-state index in [1.807, 2.05) is 10.8 Å². The van der Waals surface area contributed by atoms with Crippen molar-refractivity contribution in [3.63, 3.8) is 0 Å². The summed E-state index contributed by atoms with van der Waals surface area (Å²) in [5.74, 6) is 1.10. The van der Waals surface area contributed by atoms with Crippen molar-refractivity contribution in [3.8, 4) is 5.75 Å². The van der Waals surface area contributed by atoms with Crippen LogP contribution in [0.15, 0.2) is 30.6 Å². The maximum absolute atomic E-state index is 13.3. The molecule has 0 aliphatic heterocycles. The molecule has 0 saturated carbocycles. The van der Waals surface area contributed by atoms with Gasteiger partial charge in [0.1, 0.15) is 0 Å². The lowest BCUT2D eigenvalue weighted by Crippen LogP contribution is -2.07. The van der Waals surface area contributed by atoms with Gasteiger partial charge in [-0.25, -0.2) is 9.37 Å². The molecule has 0 aliphatic carbocycles. The zero-order valence-electron chi connectivity index (χ0n) is 11.4. The SMILES string of the molecule is COc1cc(Nc2nccn2CC(C)C)ccc1F. The third-order valence-electron chi connectivity index (χ3n) is 2.68. The first kappa shape index (κ1) is 13.4. The molecule has 0 fully saturated rings. The Morgan fingerprint density at radius 3 is 2.89 bits per heavy atom. The second-order valence-corrected chi connectivity index (χ2v) is 4.77. The van der Waals surface area contributed by atoms with Crippen LogP contribution in [0.2, 0.25) is 0 Å². The van der Waals surface area contributed by atoms with Crippen LogP contribution in [0.1, 0.15) is 13.8 Å². The molecule has 0 unspecified atom stereocenters. The smallest absolute Gasteiger partial charge is 0.207 e. The summed E-state index contributed by atoms with van der Waals surface area (Å²) in [6.45, 7) is 5.16. The number of halogens is 1. The number of imidazole rings is 1. The van der Waals surface area contributed by atoms with Crippen LogP contribution >= 0.6 is 0 Å². The summed E-state index contributed by atoms with van der Waals surface area (Å²) in [4.78, 5) is 4.26. The van der Waals surface area contributed by atoms with E-state index < -0.39 is 0 Å². The van der Waals surface area contributed by atoms with Crippen LogP contribution in [0, 0.1) is 11.7 Å². The predicted octanol–water partition coefficient (Wildman–Crippen LogP) is 3.43. The van der Waals surface area contributed by atoms with E-state index >= 15 is 0 Å². The molecule has 1 aromatic carbocycles. The normalized spacial score (nSPS) is 10.8. The van der Waals surface area contributed by atoms with Gasteiger partial charge in [0.2, 0.25) is 5.95 Å². The van der Waals surface area contributed by atoms with Crippen molar-refractivity contribution >= 4 is 11.6 Å². The Bertz CT molecular complexity index is 551. The van der Waals surface area contributed by atoms with Crippen molar-refractivity contribution in [2.45, 2.75) is 20.4 Å². The van der Waals surface area contributed by atoms with Gasteiger partial charge in [0.05, 0.1) is 7.11 Å².